The Kier molecular flexibility index (Phi) is 5.03. The average molecular weight is 306 g/mol. The largest absolute Gasteiger partial charge is 0.444 e. The molecule has 19 heavy (non-hydrogen) atoms. The summed E-state index contributed by atoms with van der Waals surface area (Å²) >= 11 is 11.1. The van der Waals surface area contributed by atoms with Crippen LogP contribution in [0.1, 0.15) is 26.3 Å². The molecule has 5 nitrogen and oxygen atoms in total. The van der Waals surface area contributed by atoms with Crippen molar-refractivity contribution in [3.63, 3.8) is 0 Å². The SMILES string of the molecule is CC(C)(C)OC(=O)Nc1cc[n+](O)cc1C=C(Cl)Cl. The molecule has 0 spiro atoms. The van der Waals surface area contributed by atoms with E-state index in [0.717, 1.165) is 4.73 Å². The number of carbonyl (C=O) groups is 1. The van der Waals surface area contributed by atoms with Gasteiger partial charge in [0.2, 0.25) is 12.4 Å². The van der Waals surface area contributed by atoms with Gasteiger partial charge in [0.05, 0.1) is 11.3 Å². The van der Waals surface area contributed by atoms with Crippen LogP contribution >= 0.6 is 23.2 Å². The van der Waals surface area contributed by atoms with Crippen molar-refractivity contribution >= 4 is 41.1 Å². The molecule has 0 aliphatic rings. The lowest BCUT2D eigenvalue weighted by molar-refractivity contribution is -0.904. The van der Waals surface area contributed by atoms with Crippen LogP contribution in [0.4, 0.5) is 10.5 Å². The summed E-state index contributed by atoms with van der Waals surface area (Å²) in [4.78, 5) is 11.7. The number of carbonyl (C=O) groups excluding carboxylic acids is 1. The number of halogens is 2. The monoisotopic (exact) mass is 305 g/mol. The summed E-state index contributed by atoms with van der Waals surface area (Å²) in [6, 6.07) is 1.49. The smallest absolute Gasteiger partial charge is 0.412 e. The lowest BCUT2D eigenvalue weighted by atomic mass is 10.2. The molecule has 1 rings (SSSR count). The van der Waals surface area contributed by atoms with Crippen LogP contribution in [0.3, 0.4) is 0 Å². The number of hydrogen-bond acceptors (Lipinski definition) is 3. The van der Waals surface area contributed by atoms with Gasteiger partial charge in [0.25, 0.3) is 0 Å². The maximum Gasteiger partial charge on any atom is 0.412 e. The third kappa shape index (κ3) is 5.81. The van der Waals surface area contributed by atoms with E-state index in [1.54, 1.807) is 20.8 Å². The summed E-state index contributed by atoms with van der Waals surface area (Å²) in [6.45, 7) is 5.28. The molecule has 0 aromatic carbocycles. The van der Waals surface area contributed by atoms with Crippen molar-refractivity contribution in [2.45, 2.75) is 26.4 Å². The van der Waals surface area contributed by atoms with Gasteiger partial charge in [-0.25, -0.2) is 4.79 Å². The van der Waals surface area contributed by atoms with Gasteiger partial charge in [-0.3, -0.25) is 10.5 Å². The molecule has 1 aromatic rings. The van der Waals surface area contributed by atoms with E-state index >= 15 is 0 Å². The van der Waals surface area contributed by atoms with Crippen LogP contribution in [0.2, 0.25) is 0 Å². The molecule has 0 aliphatic heterocycles. The van der Waals surface area contributed by atoms with Gasteiger partial charge in [-0.1, -0.05) is 23.2 Å². The van der Waals surface area contributed by atoms with Gasteiger partial charge in [0.15, 0.2) is 0 Å². The minimum Gasteiger partial charge on any atom is -0.444 e. The molecule has 1 heterocycles. The number of hydrogen-bond donors (Lipinski definition) is 2. The molecule has 0 fully saturated rings. The zero-order valence-electron chi connectivity index (χ0n) is 10.8. The number of pyridine rings is 1. The van der Waals surface area contributed by atoms with Crippen LogP contribution in [0.5, 0.6) is 0 Å². The topological polar surface area (TPSA) is 62.4 Å². The van der Waals surface area contributed by atoms with Crippen molar-refractivity contribution in [3.8, 4) is 0 Å². The van der Waals surface area contributed by atoms with Gasteiger partial charge in [-0.15, -0.1) is 0 Å². The minimum absolute atomic E-state index is 0.00145. The first kappa shape index (κ1) is 15.6. The Morgan fingerprint density at radius 2 is 2.11 bits per heavy atom. The summed E-state index contributed by atoms with van der Waals surface area (Å²) < 4.78 is 5.95. The van der Waals surface area contributed by atoms with E-state index in [1.807, 2.05) is 0 Å². The van der Waals surface area contributed by atoms with Gasteiger partial charge < -0.3 is 4.74 Å². The summed E-state index contributed by atoms with van der Waals surface area (Å²) in [5, 5.41) is 11.9. The Balaban J connectivity index is 2.95. The van der Waals surface area contributed by atoms with E-state index in [0.29, 0.717) is 11.3 Å². The highest BCUT2D eigenvalue weighted by Gasteiger charge is 2.18. The molecule has 0 saturated heterocycles. The first-order valence-corrected chi connectivity index (χ1v) is 6.20. The highest BCUT2D eigenvalue weighted by atomic mass is 35.5. The first-order valence-electron chi connectivity index (χ1n) is 5.44. The maximum atomic E-state index is 11.7. The molecule has 1 aromatic heterocycles. The van der Waals surface area contributed by atoms with E-state index in [-0.39, 0.29) is 4.49 Å². The van der Waals surface area contributed by atoms with Crippen LogP contribution in [0.15, 0.2) is 23.0 Å². The maximum absolute atomic E-state index is 11.7. The molecule has 0 aliphatic carbocycles. The molecule has 0 atom stereocenters. The van der Waals surface area contributed by atoms with Crippen molar-refractivity contribution in [1.82, 2.24) is 0 Å². The second kappa shape index (κ2) is 6.12. The Hall–Kier alpha value is -1.46. The number of aromatic nitrogens is 1. The normalized spacial score (nSPS) is 10.8. The summed E-state index contributed by atoms with van der Waals surface area (Å²) in [5.74, 6) is 0. The molecule has 7 heteroatoms. The molecule has 0 radical (unpaired) electrons. The van der Waals surface area contributed by atoms with Crippen molar-refractivity contribution in [2.75, 3.05) is 5.32 Å². The summed E-state index contributed by atoms with van der Waals surface area (Å²) in [5.41, 5.74) is 0.254. The van der Waals surface area contributed by atoms with Crippen LogP contribution in [-0.2, 0) is 4.74 Å². The Morgan fingerprint density at radius 1 is 1.47 bits per heavy atom. The predicted molar refractivity (Wildman–Crippen MR) is 73.4 cm³/mol. The molecule has 0 bridgehead atoms. The molecule has 2 N–H and O–H groups in total. The van der Waals surface area contributed by atoms with Gasteiger partial charge in [0.1, 0.15) is 10.1 Å². The van der Waals surface area contributed by atoms with Gasteiger partial charge in [-0.2, -0.15) is 0 Å². The van der Waals surface area contributed by atoms with Crippen LogP contribution in [-0.4, -0.2) is 16.9 Å². The zero-order chi connectivity index (χ0) is 14.6. The lowest BCUT2D eigenvalue weighted by Crippen LogP contribution is -2.31. The van der Waals surface area contributed by atoms with E-state index in [1.165, 1.54) is 24.5 Å². The predicted octanol–water partition coefficient (Wildman–Crippen LogP) is 3.33. The average Bonchev–Trinajstić information content (AvgIpc) is 2.18. The fourth-order valence-electron chi connectivity index (χ4n) is 1.26. The molecule has 104 valence electrons. The number of nitrogens with zero attached hydrogens (tertiary/aromatic N) is 1. The quantitative estimate of drug-likeness (QED) is 0.651. The standard InChI is InChI=1S/C12H14Cl2N2O3/c1-12(2,3)19-11(17)15-9-4-5-16(18)7-8(9)6-10(13)14/h4-7,18H,1-3H3/p+1. The Morgan fingerprint density at radius 3 is 2.63 bits per heavy atom. The van der Waals surface area contributed by atoms with Crippen LogP contribution in [0, 0.1) is 0 Å². The highest BCUT2D eigenvalue weighted by molar-refractivity contribution is 6.57. The lowest BCUT2D eigenvalue weighted by Gasteiger charge is -2.19. The fraction of sp³-hybridized carbons (Fsp3) is 0.333. The zero-order valence-corrected chi connectivity index (χ0v) is 12.3. The van der Waals surface area contributed by atoms with E-state index in [9.17, 15) is 10.0 Å². The van der Waals surface area contributed by atoms with Crippen LogP contribution < -0.4 is 10.0 Å². The second-order valence-electron chi connectivity index (χ2n) is 4.75. The highest BCUT2D eigenvalue weighted by Crippen LogP contribution is 2.20. The fourth-order valence-corrected chi connectivity index (χ4v) is 1.50. The summed E-state index contributed by atoms with van der Waals surface area (Å²) in [6.07, 6.45) is 3.48. The minimum atomic E-state index is -0.608. The van der Waals surface area contributed by atoms with E-state index < -0.39 is 11.7 Å². The molecular weight excluding hydrogens is 291 g/mol. The summed E-state index contributed by atoms with van der Waals surface area (Å²) in [7, 11) is 0. The van der Waals surface area contributed by atoms with E-state index in [4.69, 9.17) is 27.9 Å². The number of ether oxygens (including phenoxy) is 1. The van der Waals surface area contributed by atoms with Crippen molar-refractivity contribution < 1.29 is 19.5 Å². The second-order valence-corrected chi connectivity index (χ2v) is 5.76. The number of nitrogens with one attached hydrogen (secondary N) is 1. The number of amides is 1. The number of anilines is 1. The van der Waals surface area contributed by atoms with Gasteiger partial charge in [-0.05, 0) is 26.8 Å². The Bertz CT molecular complexity index is 506. The third-order valence-electron chi connectivity index (χ3n) is 1.88. The van der Waals surface area contributed by atoms with Gasteiger partial charge >= 0.3 is 6.09 Å². The van der Waals surface area contributed by atoms with Crippen molar-refractivity contribution in [3.05, 3.63) is 28.5 Å². The molecule has 0 saturated carbocycles. The van der Waals surface area contributed by atoms with Crippen molar-refractivity contribution in [2.24, 2.45) is 0 Å². The Labute approximate surface area is 121 Å². The third-order valence-corrected chi connectivity index (χ3v) is 2.09. The van der Waals surface area contributed by atoms with E-state index in [2.05, 4.69) is 5.32 Å². The van der Waals surface area contributed by atoms with Gasteiger partial charge in [0, 0.05) is 10.8 Å². The van der Waals surface area contributed by atoms with Crippen molar-refractivity contribution in [1.29, 1.82) is 0 Å². The molecule has 1 amide bonds. The molecular formula is C12H15Cl2N2O3+. The first-order chi connectivity index (χ1) is 8.67. The number of rotatable bonds is 2. The molecule has 0 unspecified atom stereocenters. The van der Waals surface area contributed by atoms with Crippen LogP contribution in [0.25, 0.3) is 6.08 Å².